The van der Waals surface area contributed by atoms with Crippen LogP contribution in [0.15, 0.2) is 28.7 Å². The number of benzene rings is 1. The Hall–Kier alpha value is -1.77. The lowest BCUT2D eigenvalue weighted by Crippen LogP contribution is -2.35. The number of alkyl halides is 3. The molecule has 0 bridgehead atoms. The van der Waals surface area contributed by atoms with Crippen LogP contribution in [0.25, 0.3) is 0 Å². The third-order valence-corrected chi connectivity index (χ3v) is 4.11. The Morgan fingerprint density at radius 3 is 2.35 bits per heavy atom. The first-order valence-electron chi connectivity index (χ1n) is 6.64. The highest BCUT2D eigenvalue weighted by Gasteiger charge is 2.53. The number of halogens is 4. The van der Waals surface area contributed by atoms with Crippen molar-refractivity contribution in [3.05, 3.63) is 28.7 Å². The number of hydrogen-bond acceptors (Lipinski definition) is 3. The highest BCUT2D eigenvalue weighted by Crippen LogP contribution is 2.37. The van der Waals surface area contributed by atoms with Crippen molar-refractivity contribution < 1.29 is 32.6 Å². The number of carboxylic acids is 1. The summed E-state index contributed by atoms with van der Waals surface area (Å²) in [6.07, 6.45) is -4.66. The Kier molecular flexibility index (Phi) is 5.18. The highest BCUT2D eigenvalue weighted by atomic mass is 79.9. The summed E-state index contributed by atoms with van der Waals surface area (Å²) in [5.74, 6) is -5.55. The monoisotopic (exact) mass is 395 g/mol. The maximum Gasteiger partial charge on any atom is 0.394 e. The lowest BCUT2D eigenvalue weighted by Gasteiger charge is -2.18. The Morgan fingerprint density at radius 1 is 1.26 bits per heavy atom. The van der Waals surface area contributed by atoms with Crippen LogP contribution in [0.5, 0.6) is 5.75 Å². The van der Waals surface area contributed by atoms with Gasteiger partial charge in [-0.05, 0) is 24.3 Å². The van der Waals surface area contributed by atoms with Crippen LogP contribution in [0.3, 0.4) is 0 Å². The molecule has 9 heteroatoms. The molecule has 23 heavy (non-hydrogen) atoms. The molecule has 1 fully saturated rings. The molecule has 2 atom stereocenters. The number of carboxylic acid groups (broad SMARTS) is 1. The van der Waals surface area contributed by atoms with Gasteiger partial charge in [0.15, 0.2) is 6.61 Å². The molecular weight excluding hydrogens is 383 g/mol. The predicted molar refractivity (Wildman–Crippen MR) is 76.9 cm³/mol. The smallest absolute Gasteiger partial charge is 0.394 e. The van der Waals surface area contributed by atoms with Crippen LogP contribution in [0, 0.1) is 11.8 Å². The number of carbonyl (C=O) groups excluding carboxylic acids is 1. The molecule has 1 aromatic rings. The molecule has 2 rings (SSSR count). The van der Waals surface area contributed by atoms with Gasteiger partial charge in [-0.3, -0.25) is 9.59 Å². The van der Waals surface area contributed by atoms with Crippen molar-refractivity contribution in [1.82, 2.24) is 4.90 Å². The molecule has 0 aromatic heterocycles. The van der Waals surface area contributed by atoms with Gasteiger partial charge < -0.3 is 14.7 Å². The fourth-order valence-electron chi connectivity index (χ4n) is 2.36. The summed E-state index contributed by atoms with van der Waals surface area (Å²) in [4.78, 5) is 23.8. The Labute approximate surface area is 138 Å². The number of nitrogens with zero attached hydrogens (tertiary/aromatic N) is 1. The van der Waals surface area contributed by atoms with E-state index in [1.807, 2.05) is 0 Å². The van der Waals surface area contributed by atoms with E-state index in [-0.39, 0.29) is 0 Å². The normalized spacial score (nSPS) is 21.3. The van der Waals surface area contributed by atoms with Crippen LogP contribution in [0.1, 0.15) is 0 Å². The second-order valence-corrected chi connectivity index (χ2v) is 6.05. The maximum absolute atomic E-state index is 12.9. The minimum Gasteiger partial charge on any atom is -0.484 e. The fraction of sp³-hybridized carbons (Fsp3) is 0.429. The first-order chi connectivity index (χ1) is 10.7. The Balaban J connectivity index is 1.97. The zero-order chi connectivity index (χ0) is 17.2. The van der Waals surface area contributed by atoms with Gasteiger partial charge in [-0.2, -0.15) is 13.2 Å². The lowest BCUT2D eigenvalue weighted by atomic mass is 9.96. The molecule has 0 unspecified atom stereocenters. The minimum atomic E-state index is -4.66. The van der Waals surface area contributed by atoms with Crippen LogP contribution in [0.2, 0.25) is 0 Å². The minimum absolute atomic E-state index is 0.392. The molecule has 0 aliphatic carbocycles. The van der Waals surface area contributed by atoms with Crippen molar-refractivity contribution in [2.45, 2.75) is 6.18 Å². The summed E-state index contributed by atoms with van der Waals surface area (Å²) >= 11 is 3.23. The average Bonchev–Trinajstić information content (AvgIpc) is 2.92. The van der Waals surface area contributed by atoms with E-state index in [9.17, 15) is 22.8 Å². The van der Waals surface area contributed by atoms with E-state index in [1.54, 1.807) is 24.3 Å². The molecule has 0 spiro atoms. The number of amides is 1. The van der Waals surface area contributed by atoms with Crippen molar-refractivity contribution in [1.29, 1.82) is 0 Å². The van der Waals surface area contributed by atoms with Crippen LogP contribution in [-0.2, 0) is 9.59 Å². The second kappa shape index (κ2) is 6.77. The standard InChI is InChI=1S/C14H13BrF3NO4/c15-8-1-3-9(4-2-8)23-7-12(20)19-5-10(13(21)22)11(6-19)14(16,17)18/h1-4,10-11H,5-7H2,(H,21,22)/t10-,11-/m1/s1. The molecular formula is C14H13BrF3NO4. The van der Waals surface area contributed by atoms with E-state index in [0.29, 0.717) is 5.75 Å². The maximum atomic E-state index is 12.9. The Morgan fingerprint density at radius 2 is 1.87 bits per heavy atom. The van der Waals surface area contributed by atoms with Gasteiger partial charge in [-0.25, -0.2) is 0 Å². The summed E-state index contributed by atoms with van der Waals surface area (Å²) in [7, 11) is 0. The number of likely N-dealkylation sites (tertiary alicyclic amines) is 1. The van der Waals surface area contributed by atoms with Gasteiger partial charge in [0.05, 0.1) is 11.8 Å². The predicted octanol–water partition coefficient (Wildman–Crippen LogP) is 2.55. The van der Waals surface area contributed by atoms with E-state index in [1.165, 1.54) is 0 Å². The molecule has 1 saturated heterocycles. The molecule has 0 radical (unpaired) electrons. The summed E-state index contributed by atoms with van der Waals surface area (Å²) in [6.45, 7) is -1.58. The molecule has 1 aliphatic rings. The lowest BCUT2D eigenvalue weighted by molar-refractivity contribution is -0.188. The van der Waals surface area contributed by atoms with Crippen LogP contribution < -0.4 is 4.74 Å². The van der Waals surface area contributed by atoms with E-state index >= 15 is 0 Å². The third-order valence-electron chi connectivity index (χ3n) is 3.59. The number of rotatable bonds is 4. The SMILES string of the molecule is O=C(O)[C@@H]1CN(C(=O)COc2ccc(Br)cc2)C[C@H]1C(F)(F)F. The van der Waals surface area contributed by atoms with Gasteiger partial charge in [-0.15, -0.1) is 0 Å². The van der Waals surface area contributed by atoms with Crippen molar-refractivity contribution in [3.8, 4) is 5.75 Å². The molecule has 1 heterocycles. The average molecular weight is 396 g/mol. The molecule has 1 aliphatic heterocycles. The van der Waals surface area contributed by atoms with Gasteiger partial charge in [-0.1, -0.05) is 15.9 Å². The molecule has 126 valence electrons. The largest absolute Gasteiger partial charge is 0.484 e. The number of aliphatic carboxylic acids is 1. The zero-order valence-electron chi connectivity index (χ0n) is 11.7. The molecule has 1 amide bonds. The topological polar surface area (TPSA) is 66.8 Å². The van der Waals surface area contributed by atoms with Crippen molar-refractivity contribution in [3.63, 3.8) is 0 Å². The van der Waals surface area contributed by atoms with Gasteiger partial charge in [0.1, 0.15) is 5.75 Å². The quantitative estimate of drug-likeness (QED) is 0.850. The van der Waals surface area contributed by atoms with Gasteiger partial charge in [0, 0.05) is 17.6 Å². The number of ether oxygens (including phenoxy) is 1. The van der Waals surface area contributed by atoms with Gasteiger partial charge in [0.25, 0.3) is 5.91 Å². The van der Waals surface area contributed by atoms with E-state index < -0.39 is 49.6 Å². The van der Waals surface area contributed by atoms with Crippen LogP contribution in [-0.4, -0.2) is 47.8 Å². The number of carbonyl (C=O) groups is 2. The number of hydrogen-bond donors (Lipinski definition) is 1. The van der Waals surface area contributed by atoms with Gasteiger partial charge >= 0.3 is 12.1 Å². The van der Waals surface area contributed by atoms with E-state index in [0.717, 1.165) is 9.37 Å². The Bertz CT molecular complexity index is 591. The first kappa shape index (κ1) is 17.6. The van der Waals surface area contributed by atoms with E-state index in [4.69, 9.17) is 9.84 Å². The van der Waals surface area contributed by atoms with Crippen molar-refractivity contribution in [2.75, 3.05) is 19.7 Å². The third kappa shape index (κ3) is 4.37. The van der Waals surface area contributed by atoms with Crippen molar-refractivity contribution in [2.24, 2.45) is 11.8 Å². The summed E-state index contributed by atoms with van der Waals surface area (Å²) < 4.78 is 44.6. The van der Waals surface area contributed by atoms with Crippen LogP contribution >= 0.6 is 15.9 Å². The summed E-state index contributed by atoms with van der Waals surface area (Å²) in [6, 6.07) is 6.57. The highest BCUT2D eigenvalue weighted by molar-refractivity contribution is 9.10. The van der Waals surface area contributed by atoms with Gasteiger partial charge in [0.2, 0.25) is 0 Å². The van der Waals surface area contributed by atoms with E-state index in [2.05, 4.69) is 15.9 Å². The fourth-order valence-corrected chi connectivity index (χ4v) is 2.62. The summed E-state index contributed by atoms with van der Waals surface area (Å²) in [5, 5.41) is 8.91. The van der Waals surface area contributed by atoms with Crippen molar-refractivity contribution >= 4 is 27.8 Å². The first-order valence-corrected chi connectivity index (χ1v) is 7.43. The molecule has 0 saturated carbocycles. The van der Waals surface area contributed by atoms with Crippen LogP contribution in [0.4, 0.5) is 13.2 Å². The molecule has 1 aromatic carbocycles. The second-order valence-electron chi connectivity index (χ2n) is 5.13. The summed E-state index contributed by atoms with van der Waals surface area (Å²) in [5.41, 5.74) is 0. The molecule has 1 N–H and O–H groups in total. The molecule has 5 nitrogen and oxygen atoms in total. The zero-order valence-corrected chi connectivity index (χ0v) is 13.3.